The Bertz CT molecular complexity index is 636. The number of hydrogen-bond donors (Lipinski definition) is 0. The third-order valence-corrected chi connectivity index (χ3v) is 3.22. The van der Waals surface area contributed by atoms with Crippen LogP contribution < -0.4 is 0 Å². The third-order valence-electron chi connectivity index (χ3n) is 3.22. The summed E-state index contributed by atoms with van der Waals surface area (Å²) >= 11 is 0. The van der Waals surface area contributed by atoms with Gasteiger partial charge in [-0.15, -0.1) is 0 Å². The Balaban J connectivity index is 2.13. The van der Waals surface area contributed by atoms with Crippen LogP contribution in [-0.2, 0) is 11.3 Å². The number of rotatable bonds is 4. The van der Waals surface area contributed by atoms with Gasteiger partial charge in [0.15, 0.2) is 0 Å². The van der Waals surface area contributed by atoms with Crippen molar-refractivity contribution in [2.24, 2.45) is 0 Å². The molecule has 0 aliphatic carbocycles. The molecule has 0 N–H and O–H groups in total. The topological polar surface area (TPSA) is 49.0 Å². The zero-order valence-corrected chi connectivity index (χ0v) is 11.3. The number of aromatic nitrogens is 1. The molecule has 0 unspecified atom stereocenters. The lowest BCUT2D eigenvalue weighted by Gasteiger charge is -2.16. The molecule has 1 heterocycles. The van der Waals surface area contributed by atoms with E-state index in [1.807, 2.05) is 35.0 Å². The van der Waals surface area contributed by atoms with E-state index in [2.05, 4.69) is 13.0 Å². The molecule has 0 aliphatic rings. The van der Waals surface area contributed by atoms with Crippen LogP contribution in [0.3, 0.4) is 0 Å². The molecule has 2 aromatic rings. The number of benzene rings is 1. The summed E-state index contributed by atoms with van der Waals surface area (Å²) in [6, 6.07) is 10.3. The maximum atomic E-state index is 12.0. The molecule has 1 aromatic heterocycles. The first-order valence-corrected chi connectivity index (χ1v) is 6.28. The van der Waals surface area contributed by atoms with Crippen LogP contribution >= 0.6 is 0 Å². The van der Waals surface area contributed by atoms with Crippen molar-refractivity contribution in [2.75, 3.05) is 13.6 Å². The van der Waals surface area contributed by atoms with Gasteiger partial charge in [0.05, 0.1) is 12.5 Å². The second-order valence-electron chi connectivity index (χ2n) is 4.73. The molecular weight excluding hydrogens is 238 g/mol. The number of likely N-dealkylation sites (N-methyl/N-ethyl adjacent to an activating group) is 1. The number of aryl methyl sites for hydroxylation is 1. The maximum Gasteiger partial charge on any atom is 0.242 e. The zero-order valence-electron chi connectivity index (χ0n) is 11.3. The van der Waals surface area contributed by atoms with Gasteiger partial charge in [-0.25, -0.2) is 0 Å². The summed E-state index contributed by atoms with van der Waals surface area (Å²) < 4.78 is 1.94. The lowest BCUT2D eigenvalue weighted by atomic mass is 10.2. The second-order valence-corrected chi connectivity index (χ2v) is 4.73. The van der Waals surface area contributed by atoms with Crippen molar-refractivity contribution in [3.8, 4) is 6.07 Å². The average molecular weight is 255 g/mol. The van der Waals surface area contributed by atoms with Crippen LogP contribution in [0.25, 0.3) is 10.9 Å². The van der Waals surface area contributed by atoms with Gasteiger partial charge < -0.3 is 9.47 Å². The van der Waals surface area contributed by atoms with Gasteiger partial charge in [-0.3, -0.25) is 4.79 Å². The van der Waals surface area contributed by atoms with Crippen molar-refractivity contribution in [3.63, 3.8) is 0 Å². The first-order valence-electron chi connectivity index (χ1n) is 6.28. The Morgan fingerprint density at radius 3 is 2.95 bits per heavy atom. The molecule has 4 heteroatoms. The van der Waals surface area contributed by atoms with E-state index in [1.165, 1.54) is 5.56 Å². The fraction of sp³-hybridized carbons (Fsp3) is 0.333. The molecule has 0 saturated heterocycles. The van der Waals surface area contributed by atoms with Gasteiger partial charge in [-0.2, -0.15) is 5.26 Å². The standard InChI is InChI=1S/C15H17N3O/c1-12-4-5-14-13(10-12)6-9-18(14)11-15(19)17(2)8-3-7-16/h4-6,9-10H,3,8,11H2,1-2H3. The fourth-order valence-electron chi connectivity index (χ4n) is 2.07. The number of amides is 1. The van der Waals surface area contributed by atoms with Crippen LogP contribution in [0.15, 0.2) is 30.5 Å². The van der Waals surface area contributed by atoms with Gasteiger partial charge in [0.1, 0.15) is 6.54 Å². The highest BCUT2D eigenvalue weighted by Gasteiger charge is 2.10. The van der Waals surface area contributed by atoms with Crippen molar-refractivity contribution in [2.45, 2.75) is 19.9 Å². The minimum atomic E-state index is 0.0216. The SMILES string of the molecule is Cc1ccc2c(ccn2CC(=O)N(C)CCC#N)c1. The molecule has 0 spiro atoms. The molecule has 1 amide bonds. The molecule has 2 rings (SSSR count). The van der Waals surface area contributed by atoms with Gasteiger partial charge in [0, 0.05) is 25.3 Å². The minimum Gasteiger partial charge on any atom is -0.343 e. The molecular formula is C15H17N3O. The van der Waals surface area contributed by atoms with Gasteiger partial charge >= 0.3 is 0 Å². The van der Waals surface area contributed by atoms with Crippen LogP contribution in [0.1, 0.15) is 12.0 Å². The minimum absolute atomic E-state index is 0.0216. The normalized spacial score (nSPS) is 10.4. The summed E-state index contributed by atoms with van der Waals surface area (Å²) in [4.78, 5) is 13.6. The van der Waals surface area contributed by atoms with Crippen LogP contribution in [0.5, 0.6) is 0 Å². The van der Waals surface area contributed by atoms with E-state index in [0.29, 0.717) is 19.5 Å². The van der Waals surface area contributed by atoms with Gasteiger partial charge in [-0.05, 0) is 30.5 Å². The van der Waals surface area contributed by atoms with E-state index in [9.17, 15) is 4.79 Å². The van der Waals surface area contributed by atoms with Crippen molar-refractivity contribution in [1.29, 1.82) is 5.26 Å². The Hall–Kier alpha value is -2.28. The molecule has 0 fully saturated rings. The maximum absolute atomic E-state index is 12.0. The Labute approximate surface area is 112 Å². The average Bonchev–Trinajstić information content (AvgIpc) is 2.78. The van der Waals surface area contributed by atoms with Crippen LogP contribution in [0, 0.1) is 18.3 Å². The van der Waals surface area contributed by atoms with Crippen molar-refractivity contribution in [3.05, 3.63) is 36.0 Å². The summed E-state index contributed by atoms with van der Waals surface area (Å²) in [5.74, 6) is 0.0216. The van der Waals surface area contributed by atoms with Crippen molar-refractivity contribution in [1.82, 2.24) is 9.47 Å². The zero-order chi connectivity index (χ0) is 13.8. The van der Waals surface area contributed by atoms with Gasteiger partial charge in [0.2, 0.25) is 5.91 Å². The Morgan fingerprint density at radius 1 is 1.42 bits per heavy atom. The molecule has 4 nitrogen and oxygen atoms in total. The van der Waals surface area contributed by atoms with Crippen LogP contribution in [0.4, 0.5) is 0 Å². The number of carbonyl (C=O) groups excluding carboxylic acids is 1. The molecule has 0 bridgehead atoms. The smallest absolute Gasteiger partial charge is 0.242 e. The number of hydrogen-bond acceptors (Lipinski definition) is 2. The number of fused-ring (bicyclic) bond motifs is 1. The monoisotopic (exact) mass is 255 g/mol. The first-order chi connectivity index (χ1) is 9.11. The molecule has 0 atom stereocenters. The van der Waals surface area contributed by atoms with Gasteiger partial charge in [0.25, 0.3) is 0 Å². The predicted molar refractivity (Wildman–Crippen MR) is 74.5 cm³/mol. The lowest BCUT2D eigenvalue weighted by molar-refractivity contribution is -0.130. The van der Waals surface area contributed by atoms with E-state index in [4.69, 9.17) is 5.26 Å². The van der Waals surface area contributed by atoms with E-state index in [0.717, 1.165) is 10.9 Å². The molecule has 0 aliphatic heterocycles. The van der Waals surface area contributed by atoms with Crippen LogP contribution in [0.2, 0.25) is 0 Å². The summed E-state index contributed by atoms with van der Waals surface area (Å²) in [7, 11) is 1.73. The number of carbonyl (C=O) groups is 1. The number of nitriles is 1. The summed E-state index contributed by atoms with van der Waals surface area (Å²) in [5.41, 5.74) is 2.27. The summed E-state index contributed by atoms with van der Waals surface area (Å²) in [5, 5.41) is 9.67. The molecule has 0 radical (unpaired) electrons. The lowest BCUT2D eigenvalue weighted by Crippen LogP contribution is -2.30. The molecule has 0 saturated carbocycles. The van der Waals surface area contributed by atoms with Gasteiger partial charge in [-0.1, -0.05) is 11.6 Å². The highest BCUT2D eigenvalue weighted by Crippen LogP contribution is 2.17. The fourth-order valence-corrected chi connectivity index (χ4v) is 2.07. The molecule has 1 aromatic carbocycles. The molecule has 19 heavy (non-hydrogen) atoms. The quantitative estimate of drug-likeness (QED) is 0.841. The largest absolute Gasteiger partial charge is 0.343 e. The van der Waals surface area contributed by atoms with Crippen LogP contribution in [-0.4, -0.2) is 29.0 Å². The third kappa shape index (κ3) is 2.94. The molecule has 98 valence electrons. The van der Waals surface area contributed by atoms with Crippen molar-refractivity contribution >= 4 is 16.8 Å². The highest BCUT2D eigenvalue weighted by molar-refractivity contribution is 5.83. The first kappa shape index (κ1) is 13.2. The Kier molecular flexibility index (Phi) is 3.86. The second kappa shape index (κ2) is 5.57. The summed E-state index contributed by atoms with van der Waals surface area (Å²) in [6.45, 7) is 2.85. The van der Waals surface area contributed by atoms with E-state index in [1.54, 1.807) is 11.9 Å². The number of nitrogens with zero attached hydrogens (tertiary/aromatic N) is 3. The van der Waals surface area contributed by atoms with Crippen molar-refractivity contribution < 1.29 is 4.79 Å². The Morgan fingerprint density at radius 2 is 2.21 bits per heavy atom. The predicted octanol–water partition coefficient (Wildman–Crippen LogP) is 2.32. The van der Waals surface area contributed by atoms with E-state index >= 15 is 0 Å². The highest BCUT2D eigenvalue weighted by atomic mass is 16.2. The van der Waals surface area contributed by atoms with E-state index < -0.39 is 0 Å². The summed E-state index contributed by atoms with van der Waals surface area (Å²) in [6.07, 6.45) is 2.30. The van der Waals surface area contributed by atoms with E-state index in [-0.39, 0.29) is 5.91 Å².